The van der Waals surface area contributed by atoms with Crippen LogP contribution in [0.25, 0.3) is 0 Å². The topological polar surface area (TPSA) is 64.7 Å². The Balaban J connectivity index is 0.000000226. The molecule has 2 aromatic rings. The van der Waals surface area contributed by atoms with Gasteiger partial charge in [0, 0.05) is 11.4 Å². The summed E-state index contributed by atoms with van der Waals surface area (Å²) in [7, 11) is 0. The number of rotatable bonds is 9. The fourth-order valence-electron chi connectivity index (χ4n) is 6.20. The fraction of sp³-hybridized carbons (Fsp3) is 0.600. The van der Waals surface area contributed by atoms with E-state index < -0.39 is 0 Å². The second-order valence-corrected chi connectivity index (χ2v) is 12.0. The van der Waals surface area contributed by atoms with Gasteiger partial charge in [-0.15, -0.1) is 0 Å². The van der Waals surface area contributed by atoms with Crippen molar-refractivity contribution in [3.05, 3.63) is 58.7 Å². The van der Waals surface area contributed by atoms with Gasteiger partial charge in [-0.25, -0.2) is 0 Å². The zero-order valence-electron chi connectivity index (χ0n) is 26.5. The van der Waals surface area contributed by atoms with Gasteiger partial charge in [0.25, 0.3) is 0 Å². The summed E-state index contributed by atoms with van der Waals surface area (Å²) in [5, 5.41) is 6.33. The summed E-state index contributed by atoms with van der Waals surface area (Å²) in [6.45, 7) is 16.8. The van der Waals surface area contributed by atoms with Crippen LogP contribution in [0.2, 0.25) is 0 Å². The van der Waals surface area contributed by atoms with Gasteiger partial charge in [-0.1, -0.05) is 69.5 Å². The third-order valence-electron chi connectivity index (χ3n) is 8.60. The molecule has 2 N–H and O–H groups in total. The number of carbonyl (C=O) groups is 2. The molecular formula is C35H54N4O2. The molecule has 0 radical (unpaired) electrons. The lowest BCUT2D eigenvalue weighted by Crippen LogP contribution is -2.47. The van der Waals surface area contributed by atoms with Crippen molar-refractivity contribution in [2.45, 2.75) is 111 Å². The Morgan fingerprint density at radius 1 is 0.659 bits per heavy atom. The highest BCUT2D eigenvalue weighted by Crippen LogP contribution is 2.24. The maximum Gasteiger partial charge on any atom is 0.241 e. The molecule has 0 aliphatic carbocycles. The maximum atomic E-state index is 12.7. The summed E-state index contributed by atoms with van der Waals surface area (Å²) >= 11 is 0. The van der Waals surface area contributed by atoms with E-state index in [1.54, 1.807) is 0 Å². The molecule has 4 rings (SSSR count). The Morgan fingerprint density at radius 2 is 1.07 bits per heavy atom. The number of unbranched alkanes of at least 4 members (excludes halogenated alkanes) is 1. The lowest BCUT2D eigenvalue weighted by Gasteiger charge is -2.34. The van der Waals surface area contributed by atoms with Gasteiger partial charge in [-0.3, -0.25) is 19.4 Å². The predicted octanol–water partition coefficient (Wildman–Crippen LogP) is 7.40. The van der Waals surface area contributed by atoms with E-state index in [-0.39, 0.29) is 23.9 Å². The molecule has 0 spiro atoms. The Hall–Kier alpha value is -2.70. The molecule has 6 heteroatoms. The van der Waals surface area contributed by atoms with E-state index in [0.717, 1.165) is 91.9 Å². The molecule has 2 aliphatic heterocycles. The summed E-state index contributed by atoms with van der Waals surface area (Å²) in [5.41, 5.74) is 6.52. The van der Waals surface area contributed by atoms with Crippen molar-refractivity contribution in [2.75, 3.05) is 36.8 Å². The van der Waals surface area contributed by atoms with Crippen LogP contribution in [0.1, 0.15) is 93.9 Å². The molecule has 2 fully saturated rings. The van der Waals surface area contributed by atoms with Crippen molar-refractivity contribution in [3.63, 3.8) is 0 Å². The lowest BCUT2D eigenvalue weighted by atomic mass is 10.00. The number of carbonyl (C=O) groups excluding carboxylic acids is 2. The van der Waals surface area contributed by atoms with Gasteiger partial charge in [-0.05, 0) is 115 Å². The first kappa shape index (κ1) is 32.8. The standard InChI is InChI=1S/C18H28N2O.C17H26N2O/c1-4-5-12-20-13-7-6-11-16(20)18(21)19-17-14(2)9-8-10-15(17)3;1-4-11-19-12-6-5-10-15(19)17(20)18-16-13(2)8-7-9-14(16)3/h8-10,16H,4-7,11-13H2,1-3H3,(H,19,21);7-9,15H,4-6,10-12H2,1-3H3,(H,18,20)/t16-;15-/m00/s1. The molecule has 2 heterocycles. The predicted molar refractivity (Wildman–Crippen MR) is 173 cm³/mol. The van der Waals surface area contributed by atoms with Gasteiger partial charge in [0.15, 0.2) is 0 Å². The highest BCUT2D eigenvalue weighted by molar-refractivity contribution is 5.96. The number of piperidine rings is 2. The summed E-state index contributed by atoms with van der Waals surface area (Å²) in [6, 6.07) is 12.4. The molecule has 0 unspecified atom stereocenters. The molecule has 2 saturated heterocycles. The van der Waals surface area contributed by atoms with Crippen LogP contribution < -0.4 is 10.6 Å². The van der Waals surface area contributed by atoms with Gasteiger partial charge in [0.05, 0.1) is 12.1 Å². The van der Waals surface area contributed by atoms with Crippen LogP contribution >= 0.6 is 0 Å². The van der Waals surface area contributed by atoms with Crippen molar-refractivity contribution in [1.29, 1.82) is 0 Å². The lowest BCUT2D eigenvalue weighted by molar-refractivity contribution is -0.123. The van der Waals surface area contributed by atoms with E-state index in [2.05, 4.69) is 60.3 Å². The van der Waals surface area contributed by atoms with Crippen LogP contribution in [0.5, 0.6) is 0 Å². The number of para-hydroxylation sites is 2. The fourth-order valence-corrected chi connectivity index (χ4v) is 6.20. The normalized spacial score (nSPS) is 19.7. The zero-order chi connectivity index (χ0) is 29.8. The first-order valence-corrected chi connectivity index (χ1v) is 16.0. The molecule has 41 heavy (non-hydrogen) atoms. The molecule has 6 nitrogen and oxygen atoms in total. The molecule has 0 bridgehead atoms. The van der Waals surface area contributed by atoms with Crippen molar-refractivity contribution in [2.24, 2.45) is 0 Å². The van der Waals surface area contributed by atoms with Crippen LogP contribution in [0.4, 0.5) is 11.4 Å². The zero-order valence-corrected chi connectivity index (χ0v) is 26.5. The first-order chi connectivity index (χ1) is 19.8. The minimum absolute atomic E-state index is 0.0442. The van der Waals surface area contributed by atoms with Crippen LogP contribution in [-0.2, 0) is 9.59 Å². The molecular weight excluding hydrogens is 508 g/mol. The Labute approximate surface area is 249 Å². The maximum absolute atomic E-state index is 12.7. The van der Waals surface area contributed by atoms with E-state index in [0.29, 0.717) is 0 Å². The number of benzene rings is 2. The molecule has 2 aromatic carbocycles. The number of amides is 2. The van der Waals surface area contributed by atoms with Crippen molar-refractivity contribution < 1.29 is 9.59 Å². The quantitative estimate of drug-likeness (QED) is 0.334. The molecule has 2 amide bonds. The molecule has 0 saturated carbocycles. The monoisotopic (exact) mass is 562 g/mol. The van der Waals surface area contributed by atoms with E-state index in [1.807, 2.05) is 38.1 Å². The average Bonchev–Trinajstić information content (AvgIpc) is 2.97. The molecule has 2 atom stereocenters. The van der Waals surface area contributed by atoms with Crippen molar-refractivity contribution in [1.82, 2.24) is 9.80 Å². The Bertz CT molecular complexity index is 1090. The highest BCUT2D eigenvalue weighted by atomic mass is 16.2. The minimum atomic E-state index is 0.0442. The van der Waals surface area contributed by atoms with Crippen LogP contribution in [0.3, 0.4) is 0 Å². The SMILES string of the molecule is CCCCN1CCCC[C@H]1C(=O)Nc1c(C)cccc1C.CCCN1CCCC[C@H]1C(=O)Nc1c(C)cccc1C. The number of hydrogen-bond acceptors (Lipinski definition) is 4. The van der Waals surface area contributed by atoms with Gasteiger partial charge >= 0.3 is 0 Å². The number of aryl methyl sites for hydroxylation is 4. The van der Waals surface area contributed by atoms with Gasteiger partial charge < -0.3 is 10.6 Å². The third-order valence-corrected chi connectivity index (χ3v) is 8.60. The summed E-state index contributed by atoms with van der Waals surface area (Å²) in [4.78, 5) is 30.0. The van der Waals surface area contributed by atoms with E-state index in [1.165, 1.54) is 25.7 Å². The van der Waals surface area contributed by atoms with Crippen LogP contribution in [0.15, 0.2) is 36.4 Å². The Kier molecular flexibility index (Phi) is 13.3. The number of nitrogens with one attached hydrogen (secondary N) is 2. The smallest absolute Gasteiger partial charge is 0.241 e. The minimum Gasteiger partial charge on any atom is -0.324 e. The van der Waals surface area contributed by atoms with Gasteiger partial charge in [0.2, 0.25) is 11.8 Å². The second kappa shape index (κ2) is 16.7. The van der Waals surface area contributed by atoms with E-state index >= 15 is 0 Å². The number of nitrogens with zero attached hydrogens (tertiary/aromatic N) is 2. The highest BCUT2D eigenvalue weighted by Gasteiger charge is 2.29. The number of likely N-dealkylation sites (tertiary alicyclic amines) is 2. The van der Waals surface area contributed by atoms with E-state index in [4.69, 9.17) is 0 Å². The molecule has 0 aromatic heterocycles. The van der Waals surface area contributed by atoms with Crippen LogP contribution in [0, 0.1) is 27.7 Å². The van der Waals surface area contributed by atoms with E-state index in [9.17, 15) is 9.59 Å². The Morgan fingerprint density at radius 3 is 1.46 bits per heavy atom. The average molecular weight is 563 g/mol. The summed E-state index contributed by atoms with van der Waals surface area (Å²) in [6.07, 6.45) is 10.2. The van der Waals surface area contributed by atoms with Crippen molar-refractivity contribution >= 4 is 23.2 Å². The first-order valence-electron chi connectivity index (χ1n) is 16.0. The summed E-state index contributed by atoms with van der Waals surface area (Å²) < 4.78 is 0. The second-order valence-electron chi connectivity index (χ2n) is 12.0. The number of hydrogen-bond donors (Lipinski definition) is 2. The molecule has 2 aliphatic rings. The van der Waals surface area contributed by atoms with Gasteiger partial charge in [-0.2, -0.15) is 0 Å². The van der Waals surface area contributed by atoms with Gasteiger partial charge in [0.1, 0.15) is 0 Å². The van der Waals surface area contributed by atoms with Crippen LogP contribution in [-0.4, -0.2) is 59.9 Å². The third kappa shape index (κ3) is 9.40. The van der Waals surface area contributed by atoms with Crippen molar-refractivity contribution in [3.8, 4) is 0 Å². The molecule has 226 valence electrons. The summed E-state index contributed by atoms with van der Waals surface area (Å²) in [5.74, 6) is 0.332. The number of anilines is 2. The largest absolute Gasteiger partial charge is 0.324 e.